The first-order valence-electron chi connectivity index (χ1n) is 8.34. The highest BCUT2D eigenvalue weighted by Gasteiger charge is 2.34. The Hall–Kier alpha value is -2.32. The molecule has 0 spiro atoms. The Kier molecular flexibility index (Phi) is 4.46. The summed E-state index contributed by atoms with van der Waals surface area (Å²) in [5.41, 5.74) is 1.73. The molecule has 0 aliphatic carbocycles. The van der Waals surface area contributed by atoms with Crippen LogP contribution in [0, 0.1) is 0 Å². The average Bonchev–Trinajstić information content (AvgIpc) is 3.38. The zero-order valence-corrected chi connectivity index (χ0v) is 16.1. The van der Waals surface area contributed by atoms with E-state index in [-0.39, 0.29) is 17.7 Å². The molecule has 0 N–H and O–H groups in total. The van der Waals surface area contributed by atoms with Crippen molar-refractivity contribution in [3.8, 4) is 0 Å². The molecule has 26 heavy (non-hydrogen) atoms. The Morgan fingerprint density at radius 3 is 2.81 bits per heavy atom. The van der Waals surface area contributed by atoms with Crippen LogP contribution < -0.4 is 0 Å². The fourth-order valence-electron chi connectivity index (χ4n) is 3.32. The highest BCUT2D eigenvalue weighted by molar-refractivity contribution is 7.20. The molecule has 0 aromatic carbocycles. The Morgan fingerprint density at radius 1 is 1.27 bits per heavy atom. The number of amides is 2. The van der Waals surface area contributed by atoms with Crippen LogP contribution >= 0.6 is 22.7 Å². The maximum atomic E-state index is 12.7. The molecular weight excluding hydrogens is 368 g/mol. The molecule has 1 aliphatic rings. The quantitative estimate of drug-likeness (QED) is 0.694. The van der Waals surface area contributed by atoms with Gasteiger partial charge in [-0.1, -0.05) is 6.07 Å². The Morgan fingerprint density at radius 2 is 2.08 bits per heavy atom. The number of carbonyl (C=O) groups is 2. The van der Waals surface area contributed by atoms with Crippen molar-refractivity contribution in [1.29, 1.82) is 0 Å². The van der Waals surface area contributed by atoms with Gasteiger partial charge in [-0.15, -0.1) is 22.7 Å². The van der Waals surface area contributed by atoms with E-state index in [0.29, 0.717) is 18.0 Å². The maximum Gasteiger partial charge on any atom is 0.263 e. The van der Waals surface area contributed by atoms with Gasteiger partial charge >= 0.3 is 0 Å². The second-order valence-corrected chi connectivity index (χ2v) is 8.42. The van der Waals surface area contributed by atoms with Gasteiger partial charge in [0.15, 0.2) is 0 Å². The summed E-state index contributed by atoms with van der Waals surface area (Å²) in [6.45, 7) is 1.29. The van der Waals surface area contributed by atoms with Crippen molar-refractivity contribution >= 4 is 44.8 Å². The minimum absolute atomic E-state index is 0.0344. The summed E-state index contributed by atoms with van der Waals surface area (Å²) in [4.78, 5) is 39.9. The van der Waals surface area contributed by atoms with Crippen molar-refractivity contribution in [2.75, 3.05) is 27.2 Å². The summed E-state index contributed by atoms with van der Waals surface area (Å²) in [7, 11) is 3.50. The van der Waals surface area contributed by atoms with Gasteiger partial charge in [0.2, 0.25) is 0 Å². The van der Waals surface area contributed by atoms with Crippen molar-refractivity contribution in [1.82, 2.24) is 19.8 Å². The number of thiophene rings is 2. The van der Waals surface area contributed by atoms with E-state index in [2.05, 4.69) is 9.97 Å². The molecule has 2 amide bonds. The third-order valence-electron chi connectivity index (χ3n) is 4.58. The molecule has 4 heterocycles. The highest BCUT2D eigenvalue weighted by Crippen LogP contribution is 2.39. The summed E-state index contributed by atoms with van der Waals surface area (Å²) in [5, 5.41) is 1.91. The number of likely N-dealkylation sites (tertiary alicyclic amines) is 1. The predicted octanol–water partition coefficient (Wildman–Crippen LogP) is 3.08. The molecule has 1 saturated heterocycles. The Labute approximate surface area is 159 Å². The van der Waals surface area contributed by atoms with Gasteiger partial charge in [-0.25, -0.2) is 4.98 Å². The van der Waals surface area contributed by atoms with E-state index in [1.165, 1.54) is 22.7 Å². The molecule has 3 aromatic heterocycles. The first kappa shape index (κ1) is 17.1. The second kappa shape index (κ2) is 6.77. The standard InChI is InChI=1S/C18H18N4O2S2/c1-21(2)18(24)15-13(14-16(26-15)20-7-6-19-14)11-5-8-22(10-11)17(23)12-4-3-9-25-12/h3-4,6-7,9,11H,5,8,10H2,1-2H3. The first-order valence-corrected chi connectivity index (χ1v) is 10.0. The Balaban J connectivity index is 1.69. The largest absolute Gasteiger partial charge is 0.344 e. The Bertz CT molecular complexity index is 965. The van der Waals surface area contributed by atoms with E-state index in [9.17, 15) is 9.59 Å². The normalized spacial score (nSPS) is 17.0. The lowest BCUT2D eigenvalue weighted by molar-refractivity contribution is 0.0795. The van der Waals surface area contributed by atoms with Crippen LogP contribution in [0.2, 0.25) is 0 Å². The highest BCUT2D eigenvalue weighted by atomic mass is 32.1. The van der Waals surface area contributed by atoms with Gasteiger partial charge in [-0.3, -0.25) is 14.6 Å². The van der Waals surface area contributed by atoms with E-state index in [1.54, 1.807) is 31.4 Å². The fourth-order valence-corrected chi connectivity index (χ4v) is 5.22. The molecule has 4 rings (SSSR count). The molecule has 1 fully saturated rings. The smallest absolute Gasteiger partial charge is 0.263 e. The van der Waals surface area contributed by atoms with Gasteiger partial charge in [0.05, 0.1) is 9.75 Å². The number of hydrogen-bond donors (Lipinski definition) is 0. The topological polar surface area (TPSA) is 66.4 Å². The van der Waals surface area contributed by atoms with Crippen molar-refractivity contribution in [3.63, 3.8) is 0 Å². The molecule has 134 valence electrons. The first-order chi connectivity index (χ1) is 12.6. The van der Waals surface area contributed by atoms with Gasteiger partial charge in [-0.2, -0.15) is 0 Å². The van der Waals surface area contributed by atoms with Crippen LogP contribution in [0.1, 0.15) is 37.2 Å². The van der Waals surface area contributed by atoms with Crippen LogP contribution in [0.3, 0.4) is 0 Å². The van der Waals surface area contributed by atoms with Crippen molar-refractivity contribution in [2.24, 2.45) is 0 Å². The van der Waals surface area contributed by atoms with Crippen LogP contribution in [0.5, 0.6) is 0 Å². The van der Waals surface area contributed by atoms with Gasteiger partial charge in [0.1, 0.15) is 10.3 Å². The molecule has 1 unspecified atom stereocenters. The molecule has 8 heteroatoms. The fraction of sp³-hybridized carbons (Fsp3) is 0.333. The summed E-state index contributed by atoms with van der Waals surface area (Å²) in [6.07, 6.45) is 4.13. The van der Waals surface area contributed by atoms with E-state index in [4.69, 9.17) is 0 Å². The minimum atomic E-state index is -0.0344. The number of carbonyl (C=O) groups excluding carboxylic acids is 2. The van der Waals surface area contributed by atoms with E-state index in [0.717, 1.165) is 27.2 Å². The second-order valence-electron chi connectivity index (χ2n) is 6.47. The number of aromatic nitrogens is 2. The summed E-state index contributed by atoms with van der Waals surface area (Å²) >= 11 is 2.85. The average molecular weight is 387 g/mol. The van der Waals surface area contributed by atoms with E-state index >= 15 is 0 Å². The molecule has 6 nitrogen and oxygen atoms in total. The maximum absolute atomic E-state index is 12.7. The summed E-state index contributed by atoms with van der Waals surface area (Å²) in [5.74, 6) is 0.129. The predicted molar refractivity (Wildman–Crippen MR) is 103 cm³/mol. The van der Waals surface area contributed by atoms with Gasteiger partial charge in [0, 0.05) is 51.1 Å². The minimum Gasteiger partial charge on any atom is -0.344 e. The molecule has 0 radical (unpaired) electrons. The van der Waals surface area contributed by atoms with Crippen molar-refractivity contribution in [3.05, 3.63) is 45.2 Å². The number of nitrogens with zero attached hydrogens (tertiary/aromatic N) is 4. The van der Waals surface area contributed by atoms with E-state index < -0.39 is 0 Å². The van der Waals surface area contributed by atoms with E-state index in [1.807, 2.05) is 22.4 Å². The number of fused-ring (bicyclic) bond motifs is 1. The molecular formula is C18H18N4O2S2. The number of rotatable bonds is 3. The van der Waals surface area contributed by atoms with Crippen LogP contribution in [-0.4, -0.2) is 58.8 Å². The molecule has 0 bridgehead atoms. The zero-order chi connectivity index (χ0) is 18.3. The van der Waals surface area contributed by atoms with Crippen molar-refractivity contribution in [2.45, 2.75) is 12.3 Å². The lowest BCUT2D eigenvalue weighted by Gasteiger charge is -2.17. The van der Waals surface area contributed by atoms with Crippen LogP contribution in [-0.2, 0) is 0 Å². The lowest BCUT2D eigenvalue weighted by atomic mass is 9.97. The summed E-state index contributed by atoms with van der Waals surface area (Å²) < 4.78 is 0. The van der Waals surface area contributed by atoms with Crippen LogP contribution in [0.15, 0.2) is 29.9 Å². The van der Waals surface area contributed by atoms with Gasteiger partial charge in [-0.05, 0) is 17.9 Å². The van der Waals surface area contributed by atoms with Crippen molar-refractivity contribution < 1.29 is 9.59 Å². The van der Waals surface area contributed by atoms with Gasteiger partial charge in [0.25, 0.3) is 11.8 Å². The molecule has 1 aliphatic heterocycles. The third-order valence-corrected chi connectivity index (χ3v) is 6.53. The molecule has 1 atom stereocenters. The number of hydrogen-bond acceptors (Lipinski definition) is 6. The van der Waals surface area contributed by atoms with Gasteiger partial charge < -0.3 is 9.80 Å². The lowest BCUT2D eigenvalue weighted by Crippen LogP contribution is -2.28. The van der Waals surface area contributed by atoms with Crippen LogP contribution in [0.4, 0.5) is 0 Å². The summed E-state index contributed by atoms with van der Waals surface area (Å²) in [6, 6.07) is 3.74. The monoisotopic (exact) mass is 386 g/mol. The van der Waals surface area contributed by atoms with Crippen LogP contribution in [0.25, 0.3) is 10.3 Å². The molecule has 3 aromatic rings. The third kappa shape index (κ3) is 2.89. The SMILES string of the molecule is CN(C)C(=O)c1sc2nccnc2c1C1CCN(C(=O)c2cccs2)C1. The molecule has 0 saturated carbocycles. The zero-order valence-electron chi connectivity index (χ0n) is 14.5.